The van der Waals surface area contributed by atoms with Crippen LogP contribution >= 0.6 is 11.6 Å². The molecule has 0 heterocycles. The van der Waals surface area contributed by atoms with Gasteiger partial charge in [-0.3, -0.25) is 4.79 Å². The molecule has 0 aromatic heterocycles. The molecule has 0 atom stereocenters. The number of hydrogen-bond acceptors (Lipinski definition) is 3. The van der Waals surface area contributed by atoms with Gasteiger partial charge < -0.3 is 16.4 Å². The summed E-state index contributed by atoms with van der Waals surface area (Å²) in [4.78, 5) is 11.6. The average molecular weight is 288 g/mol. The van der Waals surface area contributed by atoms with Crippen LogP contribution in [0.15, 0.2) is 12.1 Å². The molecular formula is C13H19ClFN3O. The van der Waals surface area contributed by atoms with Gasteiger partial charge in [0.15, 0.2) is 0 Å². The summed E-state index contributed by atoms with van der Waals surface area (Å²) in [5.41, 5.74) is 6.18. The second kappa shape index (κ2) is 6.10. The van der Waals surface area contributed by atoms with Crippen LogP contribution in [0.2, 0.25) is 5.02 Å². The van der Waals surface area contributed by atoms with Gasteiger partial charge in [-0.05, 0) is 26.8 Å². The van der Waals surface area contributed by atoms with Crippen LogP contribution in [0, 0.1) is 5.82 Å². The van der Waals surface area contributed by atoms with Gasteiger partial charge in [0.05, 0.1) is 16.4 Å². The molecule has 1 rings (SSSR count). The molecule has 4 nitrogen and oxygen atoms in total. The van der Waals surface area contributed by atoms with Crippen molar-refractivity contribution < 1.29 is 9.18 Å². The largest absolute Gasteiger partial charge is 0.397 e. The number of hydrogen-bond donors (Lipinski definition) is 3. The normalized spacial score (nSPS) is 11.2. The van der Waals surface area contributed by atoms with Crippen molar-refractivity contribution in [3.8, 4) is 0 Å². The molecule has 6 heteroatoms. The molecule has 0 bridgehead atoms. The van der Waals surface area contributed by atoms with Gasteiger partial charge >= 0.3 is 0 Å². The molecule has 1 aromatic carbocycles. The number of nitrogen functional groups attached to an aromatic ring is 1. The summed E-state index contributed by atoms with van der Waals surface area (Å²) in [6, 6.07) is 2.56. The molecule has 4 N–H and O–H groups in total. The maximum atomic E-state index is 13.1. The van der Waals surface area contributed by atoms with E-state index in [9.17, 15) is 9.18 Å². The average Bonchev–Trinajstić information content (AvgIpc) is 2.22. The smallest absolute Gasteiger partial charge is 0.222 e. The molecule has 0 fully saturated rings. The van der Waals surface area contributed by atoms with E-state index < -0.39 is 5.82 Å². The SMILES string of the molecule is CC(C)(C)NC(=O)CCNc1cc(Cl)c(F)cc1N. The molecule has 19 heavy (non-hydrogen) atoms. The molecular weight excluding hydrogens is 269 g/mol. The van der Waals surface area contributed by atoms with Crippen LogP contribution in [0.25, 0.3) is 0 Å². The van der Waals surface area contributed by atoms with Gasteiger partial charge in [-0.25, -0.2) is 4.39 Å². The van der Waals surface area contributed by atoms with Gasteiger partial charge in [-0.2, -0.15) is 0 Å². The summed E-state index contributed by atoms with van der Waals surface area (Å²) < 4.78 is 13.1. The van der Waals surface area contributed by atoms with Crippen LogP contribution in [0.5, 0.6) is 0 Å². The van der Waals surface area contributed by atoms with Gasteiger partial charge in [0.25, 0.3) is 0 Å². The topological polar surface area (TPSA) is 67.2 Å². The van der Waals surface area contributed by atoms with E-state index in [1.807, 2.05) is 20.8 Å². The first-order chi connectivity index (χ1) is 8.69. The van der Waals surface area contributed by atoms with Crippen LogP contribution < -0.4 is 16.4 Å². The minimum atomic E-state index is -0.560. The van der Waals surface area contributed by atoms with Crippen LogP contribution in [0.1, 0.15) is 27.2 Å². The lowest BCUT2D eigenvalue weighted by Crippen LogP contribution is -2.41. The van der Waals surface area contributed by atoms with Crippen LogP contribution in [-0.4, -0.2) is 18.0 Å². The van der Waals surface area contributed by atoms with E-state index in [1.165, 1.54) is 6.07 Å². The summed E-state index contributed by atoms with van der Waals surface area (Å²) in [5, 5.41) is 5.80. The molecule has 0 spiro atoms. The molecule has 0 aliphatic heterocycles. The lowest BCUT2D eigenvalue weighted by atomic mass is 10.1. The predicted octanol–water partition coefficient (Wildman–Crippen LogP) is 2.78. The third kappa shape index (κ3) is 5.34. The van der Waals surface area contributed by atoms with Gasteiger partial charge in [0.1, 0.15) is 5.82 Å². The molecule has 0 aliphatic rings. The first kappa shape index (κ1) is 15.6. The second-order valence-corrected chi connectivity index (χ2v) is 5.74. The number of anilines is 2. The molecule has 106 valence electrons. The van der Waals surface area contributed by atoms with E-state index in [-0.39, 0.29) is 22.2 Å². The highest BCUT2D eigenvalue weighted by molar-refractivity contribution is 6.31. The van der Waals surface area contributed by atoms with Crippen molar-refractivity contribution in [2.75, 3.05) is 17.6 Å². The van der Waals surface area contributed by atoms with Crippen molar-refractivity contribution >= 4 is 28.9 Å². The van der Waals surface area contributed by atoms with Crippen molar-refractivity contribution in [2.45, 2.75) is 32.7 Å². The molecule has 0 aliphatic carbocycles. The zero-order chi connectivity index (χ0) is 14.6. The number of halogens is 2. The fraction of sp³-hybridized carbons (Fsp3) is 0.462. The summed E-state index contributed by atoms with van der Waals surface area (Å²) in [5.74, 6) is -0.623. The van der Waals surface area contributed by atoms with Crippen molar-refractivity contribution in [3.05, 3.63) is 23.0 Å². The van der Waals surface area contributed by atoms with Crippen LogP contribution in [0.3, 0.4) is 0 Å². The molecule has 0 unspecified atom stereocenters. The monoisotopic (exact) mass is 287 g/mol. The summed E-state index contributed by atoms with van der Waals surface area (Å²) in [6.07, 6.45) is 0.297. The molecule has 0 saturated carbocycles. The van der Waals surface area contributed by atoms with E-state index in [4.69, 9.17) is 17.3 Å². The Labute approximate surface area is 117 Å². The lowest BCUT2D eigenvalue weighted by Gasteiger charge is -2.20. The van der Waals surface area contributed by atoms with Crippen molar-refractivity contribution in [1.29, 1.82) is 0 Å². The Kier molecular flexibility index (Phi) is 5.00. The number of rotatable bonds is 4. The first-order valence-corrected chi connectivity index (χ1v) is 6.36. The minimum absolute atomic E-state index is 0.00385. The van der Waals surface area contributed by atoms with Crippen molar-refractivity contribution in [3.63, 3.8) is 0 Å². The zero-order valence-electron chi connectivity index (χ0n) is 11.3. The molecule has 1 aromatic rings. The number of carbonyl (C=O) groups excluding carboxylic acids is 1. The summed E-state index contributed by atoms with van der Waals surface area (Å²) >= 11 is 5.66. The Morgan fingerprint density at radius 3 is 2.63 bits per heavy atom. The number of carbonyl (C=O) groups is 1. The first-order valence-electron chi connectivity index (χ1n) is 5.98. The number of amides is 1. The quantitative estimate of drug-likeness (QED) is 0.746. The van der Waals surface area contributed by atoms with Crippen molar-refractivity contribution in [2.24, 2.45) is 0 Å². The maximum absolute atomic E-state index is 13.1. The number of nitrogens with two attached hydrogens (primary N) is 1. The Hall–Kier alpha value is -1.49. The lowest BCUT2D eigenvalue weighted by molar-refractivity contribution is -0.122. The Morgan fingerprint density at radius 1 is 1.42 bits per heavy atom. The Balaban J connectivity index is 2.50. The van der Waals surface area contributed by atoms with Gasteiger partial charge in [-0.1, -0.05) is 11.6 Å². The van der Waals surface area contributed by atoms with Crippen LogP contribution in [-0.2, 0) is 4.79 Å². The third-order valence-electron chi connectivity index (χ3n) is 2.27. The minimum Gasteiger partial charge on any atom is -0.397 e. The standard InChI is InChI=1S/C13H19ClFN3O/c1-13(2,3)18-12(19)4-5-17-11-6-8(14)9(15)7-10(11)16/h6-7,17H,4-5,16H2,1-3H3,(H,18,19). The van der Waals surface area contributed by atoms with Crippen molar-refractivity contribution in [1.82, 2.24) is 5.32 Å². The molecule has 1 amide bonds. The summed E-state index contributed by atoms with van der Waals surface area (Å²) in [6.45, 7) is 6.14. The molecule has 0 saturated heterocycles. The van der Waals surface area contributed by atoms with Crippen LogP contribution in [0.4, 0.5) is 15.8 Å². The van der Waals surface area contributed by atoms with E-state index in [0.717, 1.165) is 6.07 Å². The van der Waals surface area contributed by atoms with E-state index in [0.29, 0.717) is 18.7 Å². The fourth-order valence-electron chi connectivity index (χ4n) is 1.51. The van der Waals surface area contributed by atoms with Gasteiger partial charge in [-0.15, -0.1) is 0 Å². The predicted molar refractivity (Wildman–Crippen MR) is 76.8 cm³/mol. The second-order valence-electron chi connectivity index (χ2n) is 5.33. The highest BCUT2D eigenvalue weighted by Crippen LogP contribution is 2.26. The van der Waals surface area contributed by atoms with E-state index in [2.05, 4.69) is 10.6 Å². The Bertz CT molecular complexity index is 472. The van der Waals surface area contributed by atoms with E-state index in [1.54, 1.807) is 0 Å². The maximum Gasteiger partial charge on any atom is 0.222 e. The third-order valence-corrected chi connectivity index (χ3v) is 2.56. The fourth-order valence-corrected chi connectivity index (χ4v) is 1.67. The zero-order valence-corrected chi connectivity index (χ0v) is 12.1. The highest BCUT2D eigenvalue weighted by atomic mass is 35.5. The van der Waals surface area contributed by atoms with Gasteiger partial charge in [0, 0.05) is 24.6 Å². The van der Waals surface area contributed by atoms with Gasteiger partial charge in [0.2, 0.25) is 5.91 Å². The highest BCUT2D eigenvalue weighted by Gasteiger charge is 2.13. The number of nitrogens with one attached hydrogen (secondary N) is 2. The molecule has 0 radical (unpaired) electrons. The van der Waals surface area contributed by atoms with E-state index >= 15 is 0 Å². The number of benzene rings is 1. The Morgan fingerprint density at radius 2 is 2.05 bits per heavy atom. The summed E-state index contributed by atoms with van der Waals surface area (Å²) in [7, 11) is 0.